The van der Waals surface area contributed by atoms with Crippen molar-refractivity contribution < 1.29 is 9.53 Å². The molecule has 0 amide bonds. The summed E-state index contributed by atoms with van der Waals surface area (Å²) in [5.74, 6) is -0.168. The lowest BCUT2D eigenvalue weighted by molar-refractivity contribution is -0.140. The highest BCUT2D eigenvalue weighted by atomic mass is 32.2. The van der Waals surface area contributed by atoms with Crippen LogP contribution in [0.3, 0.4) is 0 Å². The number of rotatable bonds is 9. The number of thioether (sulfide) groups is 1. The minimum Gasteiger partial charge on any atom is -0.468 e. The van der Waals surface area contributed by atoms with E-state index in [2.05, 4.69) is 29.3 Å². The van der Waals surface area contributed by atoms with Crippen molar-refractivity contribution in [2.24, 2.45) is 0 Å². The van der Waals surface area contributed by atoms with Crippen LogP contribution in [0, 0.1) is 0 Å². The predicted octanol–water partition coefficient (Wildman–Crippen LogP) is 6.02. The Bertz CT molecular complexity index is 870. The van der Waals surface area contributed by atoms with Crippen LogP contribution < -0.4 is 0 Å². The Hall–Kier alpha value is -2.85. The number of unbranched alkanes of at least 4 members (excludes halogenated alkanes) is 1. The second-order valence-electron chi connectivity index (χ2n) is 6.60. The first-order valence-electron chi connectivity index (χ1n) is 9.73. The van der Waals surface area contributed by atoms with Crippen molar-refractivity contribution in [1.82, 2.24) is 4.98 Å². The third kappa shape index (κ3) is 6.33. The number of methoxy groups -OCH3 is 1. The quantitative estimate of drug-likeness (QED) is 0.249. The number of carbonyl (C=O) groups excluding carboxylic acids is 1. The number of pyridine rings is 1. The summed E-state index contributed by atoms with van der Waals surface area (Å²) in [6.45, 7) is 0. The van der Waals surface area contributed by atoms with E-state index in [1.54, 1.807) is 18.0 Å². The molecule has 148 valence electrons. The first kappa shape index (κ1) is 20.9. The molecule has 4 heteroatoms. The molecular weight excluding hydrogens is 378 g/mol. The van der Waals surface area contributed by atoms with E-state index in [1.165, 1.54) is 18.2 Å². The fraction of sp³-hybridized carbons (Fsp3) is 0.200. The number of allylic oxidation sites excluding steroid dienone is 1. The Morgan fingerprint density at radius 1 is 1.00 bits per heavy atom. The molecule has 0 saturated heterocycles. The average Bonchev–Trinajstić information content (AvgIpc) is 2.79. The van der Waals surface area contributed by atoms with E-state index in [4.69, 9.17) is 4.74 Å². The Labute approximate surface area is 176 Å². The molecule has 0 aliphatic carbocycles. The summed E-state index contributed by atoms with van der Waals surface area (Å²) in [7, 11) is 1.46. The van der Waals surface area contributed by atoms with Crippen molar-refractivity contribution in [1.29, 1.82) is 0 Å². The number of benzene rings is 2. The van der Waals surface area contributed by atoms with Gasteiger partial charge in [-0.1, -0.05) is 60.7 Å². The van der Waals surface area contributed by atoms with Crippen LogP contribution >= 0.6 is 11.8 Å². The lowest BCUT2D eigenvalue weighted by Gasteiger charge is -2.14. The number of hydrogen-bond acceptors (Lipinski definition) is 4. The maximum absolute atomic E-state index is 12.2. The van der Waals surface area contributed by atoms with Crippen LogP contribution in [0.2, 0.25) is 0 Å². The number of nitrogens with zero attached hydrogens (tertiary/aromatic N) is 1. The number of hydrogen-bond donors (Lipinski definition) is 0. The van der Waals surface area contributed by atoms with Crippen LogP contribution in [0.5, 0.6) is 0 Å². The van der Waals surface area contributed by atoms with Gasteiger partial charge >= 0.3 is 5.97 Å². The van der Waals surface area contributed by atoms with Gasteiger partial charge in [0.15, 0.2) is 0 Å². The van der Waals surface area contributed by atoms with Crippen LogP contribution in [0.25, 0.3) is 5.57 Å². The molecule has 0 spiro atoms. The summed E-state index contributed by atoms with van der Waals surface area (Å²) in [6.07, 6.45) is 8.46. The smallest absolute Gasteiger partial charge is 0.319 e. The molecule has 3 rings (SSSR count). The first-order valence-corrected chi connectivity index (χ1v) is 10.6. The Morgan fingerprint density at radius 3 is 2.34 bits per heavy atom. The van der Waals surface area contributed by atoms with Crippen molar-refractivity contribution in [3.05, 3.63) is 102 Å². The highest BCUT2D eigenvalue weighted by Crippen LogP contribution is 2.28. The first-order chi connectivity index (χ1) is 14.3. The normalized spacial score (nSPS) is 12.4. The van der Waals surface area contributed by atoms with E-state index < -0.39 is 0 Å². The molecule has 1 heterocycles. The molecule has 1 unspecified atom stereocenters. The van der Waals surface area contributed by atoms with Crippen LogP contribution in [0.15, 0.2) is 96.2 Å². The molecular formula is C25H25NO2S. The van der Waals surface area contributed by atoms with Crippen LogP contribution in [-0.4, -0.2) is 23.3 Å². The van der Waals surface area contributed by atoms with Gasteiger partial charge < -0.3 is 4.74 Å². The van der Waals surface area contributed by atoms with Crippen molar-refractivity contribution >= 4 is 23.3 Å². The second-order valence-corrected chi connectivity index (χ2v) is 7.88. The minimum absolute atomic E-state index is 0.168. The van der Waals surface area contributed by atoms with Crippen molar-refractivity contribution in [2.45, 2.75) is 29.4 Å². The summed E-state index contributed by atoms with van der Waals surface area (Å²) in [5, 5.41) is -0.200. The zero-order valence-electron chi connectivity index (χ0n) is 16.5. The molecule has 0 radical (unpaired) electrons. The van der Waals surface area contributed by atoms with E-state index >= 15 is 0 Å². The number of aromatic nitrogens is 1. The SMILES string of the molecule is COC(=O)C(CCCC=C(c1ccccc1)c1cccnc1)Sc1ccccc1. The van der Waals surface area contributed by atoms with Gasteiger partial charge in [-0.3, -0.25) is 9.78 Å². The standard InChI is InChI=1S/C25H25NO2S/c1-28-25(27)24(29-22-14-6-3-7-15-22)17-9-8-16-23(20-11-4-2-5-12-20)21-13-10-18-26-19-21/h2-7,10-16,18-19,24H,8-9,17H2,1H3. The van der Waals surface area contributed by atoms with E-state index in [1.807, 2.05) is 60.8 Å². The molecule has 0 fully saturated rings. The summed E-state index contributed by atoms with van der Waals surface area (Å²) in [6, 6.07) is 24.4. The molecule has 0 N–H and O–H groups in total. The van der Waals surface area contributed by atoms with Gasteiger partial charge in [0.2, 0.25) is 0 Å². The maximum atomic E-state index is 12.2. The van der Waals surface area contributed by atoms with Gasteiger partial charge in [-0.15, -0.1) is 11.8 Å². The molecule has 0 aliphatic rings. The molecule has 1 aromatic heterocycles. The molecule has 1 atom stereocenters. The third-order valence-electron chi connectivity index (χ3n) is 4.56. The number of esters is 1. The van der Waals surface area contributed by atoms with Gasteiger partial charge in [0.1, 0.15) is 5.25 Å². The number of carbonyl (C=O) groups is 1. The molecule has 0 aliphatic heterocycles. The molecule has 2 aromatic carbocycles. The topological polar surface area (TPSA) is 39.2 Å². The lowest BCUT2D eigenvalue weighted by Crippen LogP contribution is -2.18. The maximum Gasteiger partial charge on any atom is 0.319 e. The van der Waals surface area contributed by atoms with Gasteiger partial charge in [-0.25, -0.2) is 0 Å². The zero-order valence-corrected chi connectivity index (χ0v) is 17.3. The Balaban J connectivity index is 1.68. The van der Waals surface area contributed by atoms with Crippen LogP contribution in [0.1, 0.15) is 30.4 Å². The van der Waals surface area contributed by atoms with E-state index in [-0.39, 0.29) is 11.2 Å². The predicted molar refractivity (Wildman–Crippen MR) is 120 cm³/mol. The van der Waals surface area contributed by atoms with E-state index in [9.17, 15) is 4.79 Å². The Morgan fingerprint density at radius 2 is 1.69 bits per heavy atom. The Kier molecular flexibility index (Phi) is 8.08. The summed E-state index contributed by atoms with van der Waals surface area (Å²) in [4.78, 5) is 17.6. The zero-order chi connectivity index (χ0) is 20.3. The monoisotopic (exact) mass is 403 g/mol. The van der Waals surface area contributed by atoms with Gasteiger partial charge in [0.05, 0.1) is 7.11 Å². The summed E-state index contributed by atoms with van der Waals surface area (Å²) >= 11 is 1.57. The summed E-state index contributed by atoms with van der Waals surface area (Å²) in [5.41, 5.74) is 3.44. The fourth-order valence-corrected chi connectivity index (χ4v) is 4.23. The highest BCUT2D eigenvalue weighted by molar-refractivity contribution is 8.00. The molecule has 3 nitrogen and oxygen atoms in total. The van der Waals surface area contributed by atoms with Gasteiger partial charge in [0, 0.05) is 22.9 Å². The van der Waals surface area contributed by atoms with Gasteiger partial charge in [-0.2, -0.15) is 0 Å². The second kappa shape index (κ2) is 11.2. The van der Waals surface area contributed by atoms with Gasteiger partial charge in [-0.05, 0) is 48.6 Å². The van der Waals surface area contributed by atoms with Crippen molar-refractivity contribution in [3.8, 4) is 0 Å². The molecule has 0 saturated carbocycles. The fourth-order valence-electron chi connectivity index (χ4n) is 3.11. The van der Waals surface area contributed by atoms with Crippen LogP contribution in [0.4, 0.5) is 0 Å². The average molecular weight is 404 g/mol. The molecule has 3 aromatic rings. The van der Waals surface area contributed by atoms with E-state index in [0.717, 1.165) is 29.7 Å². The lowest BCUT2D eigenvalue weighted by atomic mass is 9.97. The van der Waals surface area contributed by atoms with E-state index in [0.29, 0.717) is 0 Å². The van der Waals surface area contributed by atoms with Crippen molar-refractivity contribution in [3.63, 3.8) is 0 Å². The largest absolute Gasteiger partial charge is 0.468 e. The number of ether oxygens (including phenoxy) is 1. The summed E-state index contributed by atoms with van der Waals surface area (Å²) < 4.78 is 5.02. The molecule has 29 heavy (non-hydrogen) atoms. The van der Waals surface area contributed by atoms with Crippen LogP contribution in [-0.2, 0) is 9.53 Å². The third-order valence-corrected chi connectivity index (χ3v) is 5.82. The van der Waals surface area contributed by atoms with Gasteiger partial charge in [0.25, 0.3) is 0 Å². The van der Waals surface area contributed by atoms with Crippen molar-refractivity contribution in [2.75, 3.05) is 7.11 Å². The minimum atomic E-state index is -0.200. The highest BCUT2D eigenvalue weighted by Gasteiger charge is 2.20. The molecule has 0 bridgehead atoms.